The maximum atomic E-state index is 12.7. The number of aryl methyl sites for hydroxylation is 1. The average molecular weight is 422 g/mol. The molecule has 1 aromatic rings. The third-order valence-electron chi connectivity index (χ3n) is 6.63. The van der Waals surface area contributed by atoms with Crippen LogP contribution < -0.4 is 10.5 Å². The van der Waals surface area contributed by atoms with Gasteiger partial charge in [0.25, 0.3) is 0 Å². The standard InChI is InChI=1S/C22H35N3O3S/c1-3-5-16-8-14-20(15-9-16)29(27,28)24-18-12-10-17(11-13-18)21(23)22(26)25(2)19-6-4-7-19/h8-9,14-15,17-19,21,24H,3-7,10-13,23H2,1-2H3/t17?,18?,21-/m0/s1. The van der Waals surface area contributed by atoms with Gasteiger partial charge in [0.2, 0.25) is 15.9 Å². The first-order valence-electron chi connectivity index (χ1n) is 11.0. The van der Waals surface area contributed by atoms with Crippen LogP contribution in [0, 0.1) is 5.92 Å². The van der Waals surface area contributed by atoms with Crippen molar-refractivity contribution in [3.05, 3.63) is 29.8 Å². The zero-order chi connectivity index (χ0) is 21.0. The Morgan fingerprint density at radius 1 is 1.14 bits per heavy atom. The van der Waals surface area contributed by atoms with Crippen LogP contribution in [-0.2, 0) is 21.2 Å². The van der Waals surface area contributed by atoms with E-state index in [0.29, 0.717) is 23.8 Å². The maximum Gasteiger partial charge on any atom is 0.240 e. The molecule has 2 fully saturated rings. The number of likely N-dealkylation sites (N-methyl/N-ethyl adjacent to an activating group) is 1. The first-order valence-corrected chi connectivity index (χ1v) is 12.4. The third-order valence-corrected chi connectivity index (χ3v) is 8.17. The molecule has 0 spiro atoms. The van der Waals surface area contributed by atoms with Crippen molar-refractivity contribution in [2.45, 2.75) is 87.7 Å². The molecular formula is C22H35N3O3S. The molecule has 162 valence electrons. The minimum atomic E-state index is -3.52. The number of sulfonamides is 1. The van der Waals surface area contributed by atoms with Gasteiger partial charge in [-0.15, -0.1) is 0 Å². The highest BCUT2D eigenvalue weighted by atomic mass is 32.2. The number of hydrogen-bond acceptors (Lipinski definition) is 4. The predicted molar refractivity (Wildman–Crippen MR) is 115 cm³/mol. The summed E-state index contributed by atoms with van der Waals surface area (Å²) in [6, 6.07) is 6.91. The van der Waals surface area contributed by atoms with Crippen molar-refractivity contribution in [1.29, 1.82) is 0 Å². The molecule has 0 aromatic heterocycles. The van der Waals surface area contributed by atoms with E-state index in [2.05, 4.69) is 11.6 Å². The van der Waals surface area contributed by atoms with Gasteiger partial charge in [-0.2, -0.15) is 0 Å². The van der Waals surface area contributed by atoms with E-state index in [1.807, 2.05) is 24.1 Å². The lowest BCUT2D eigenvalue weighted by molar-refractivity contribution is -0.136. The van der Waals surface area contributed by atoms with E-state index in [0.717, 1.165) is 44.1 Å². The van der Waals surface area contributed by atoms with Gasteiger partial charge in [0.05, 0.1) is 10.9 Å². The second-order valence-corrected chi connectivity index (χ2v) is 10.4. The van der Waals surface area contributed by atoms with Crippen LogP contribution >= 0.6 is 0 Å². The van der Waals surface area contributed by atoms with Crippen molar-refractivity contribution >= 4 is 15.9 Å². The van der Waals surface area contributed by atoms with Gasteiger partial charge in [0.1, 0.15) is 0 Å². The average Bonchev–Trinajstić information content (AvgIpc) is 2.66. The monoisotopic (exact) mass is 421 g/mol. The Bertz CT molecular complexity index is 782. The SMILES string of the molecule is CCCc1ccc(S(=O)(=O)NC2CCC([C@H](N)C(=O)N(C)C3CCC3)CC2)cc1. The van der Waals surface area contributed by atoms with Crippen LogP contribution in [-0.4, -0.2) is 44.4 Å². The molecule has 1 aromatic carbocycles. The van der Waals surface area contributed by atoms with Crippen LogP contribution in [0.2, 0.25) is 0 Å². The van der Waals surface area contributed by atoms with Crippen LogP contribution in [0.1, 0.15) is 63.9 Å². The zero-order valence-corrected chi connectivity index (χ0v) is 18.5. The van der Waals surface area contributed by atoms with Crippen LogP contribution in [0.3, 0.4) is 0 Å². The van der Waals surface area contributed by atoms with Gasteiger partial charge in [-0.3, -0.25) is 4.79 Å². The summed E-state index contributed by atoms with van der Waals surface area (Å²) in [6.45, 7) is 2.10. The summed E-state index contributed by atoms with van der Waals surface area (Å²) in [5.41, 5.74) is 7.43. The molecule has 3 N–H and O–H groups in total. The van der Waals surface area contributed by atoms with E-state index in [1.165, 1.54) is 6.42 Å². The summed E-state index contributed by atoms with van der Waals surface area (Å²) in [7, 11) is -1.66. The minimum absolute atomic E-state index is 0.0332. The van der Waals surface area contributed by atoms with E-state index in [9.17, 15) is 13.2 Å². The second-order valence-electron chi connectivity index (χ2n) is 8.69. The van der Waals surface area contributed by atoms with E-state index in [4.69, 9.17) is 5.73 Å². The van der Waals surface area contributed by atoms with Crippen LogP contribution in [0.4, 0.5) is 0 Å². The predicted octanol–water partition coefficient (Wildman–Crippen LogP) is 2.81. The second kappa shape index (κ2) is 9.58. The van der Waals surface area contributed by atoms with Gasteiger partial charge in [-0.25, -0.2) is 13.1 Å². The fourth-order valence-corrected chi connectivity index (χ4v) is 5.70. The lowest BCUT2D eigenvalue weighted by Crippen LogP contribution is -2.52. The number of nitrogens with one attached hydrogen (secondary N) is 1. The molecule has 2 saturated carbocycles. The van der Waals surface area contributed by atoms with Gasteiger partial charge in [0.15, 0.2) is 0 Å². The Kier molecular flexibility index (Phi) is 7.35. The highest BCUT2D eigenvalue weighted by Gasteiger charge is 2.35. The Hall–Kier alpha value is -1.44. The zero-order valence-electron chi connectivity index (χ0n) is 17.6. The summed E-state index contributed by atoms with van der Waals surface area (Å²) >= 11 is 0. The summed E-state index contributed by atoms with van der Waals surface area (Å²) in [6.07, 6.45) is 8.29. The number of carbonyl (C=O) groups is 1. The van der Waals surface area contributed by atoms with Crippen LogP contribution in [0.25, 0.3) is 0 Å². The molecule has 2 aliphatic rings. The molecule has 0 bridgehead atoms. The Labute approximate surface area is 175 Å². The third kappa shape index (κ3) is 5.38. The Morgan fingerprint density at radius 2 is 1.76 bits per heavy atom. The van der Waals surface area contributed by atoms with Crippen molar-refractivity contribution in [3.63, 3.8) is 0 Å². The normalized spacial score (nSPS) is 24.0. The van der Waals surface area contributed by atoms with Crippen molar-refractivity contribution in [2.75, 3.05) is 7.05 Å². The lowest BCUT2D eigenvalue weighted by atomic mass is 9.81. The molecule has 29 heavy (non-hydrogen) atoms. The molecule has 3 rings (SSSR count). The van der Waals surface area contributed by atoms with Gasteiger partial charge >= 0.3 is 0 Å². The van der Waals surface area contributed by atoms with Crippen molar-refractivity contribution in [1.82, 2.24) is 9.62 Å². The number of carbonyl (C=O) groups excluding carboxylic acids is 1. The maximum absolute atomic E-state index is 12.7. The first kappa shape index (κ1) is 22.2. The van der Waals surface area contributed by atoms with E-state index >= 15 is 0 Å². The highest BCUT2D eigenvalue weighted by molar-refractivity contribution is 7.89. The number of hydrogen-bond donors (Lipinski definition) is 2. The van der Waals surface area contributed by atoms with Gasteiger partial charge in [-0.1, -0.05) is 25.5 Å². The van der Waals surface area contributed by atoms with Gasteiger partial charge in [0, 0.05) is 19.1 Å². The summed E-state index contributed by atoms with van der Waals surface area (Å²) in [4.78, 5) is 14.8. The Balaban J connectivity index is 1.51. The molecule has 7 heteroatoms. The van der Waals surface area contributed by atoms with Crippen LogP contribution in [0.5, 0.6) is 0 Å². The lowest BCUT2D eigenvalue weighted by Gasteiger charge is -2.38. The molecular weight excluding hydrogens is 386 g/mol. The van der Waals surface area contributed by atoms with Crippen molar-refractivity contribution in [3.8, 4) is 0 Å². The number of amides is 1. The van der Waals surface area contributed by atoms with Crippen molar-refractivity contribution < 1.29 is 13.2 Å². The molecule has 1 atom stereocenters. The summed E-state index contributed by atoms with van der Waals surface area (Å²) in [5, 5.41) is 0. The molecule has 1 amide bonds. The quantitative estimate of drug-likeness (QED) is 0.675. The number of nitrogens with two attached hydrogens (primary N) is 1. The largest absolute Gasteiger partial charge is 0.341 e. The molecule has 0 unspecified atom stereocenters. The number of benzene rings is 1. The fourth-order valence-electron chi connectivity index (χ4n) is 4.40. The van der Waals surface area contributed by atoms with E-state index < -0.39 is 16.1 Å². The topological polar surface area (TPSA) is 92.5 Å². The van der Waals surface area contributed by atoms with Gasteiger partial charge in [-0.05, 0) is 75.0 Å². The van der Waals surface area contributed by atoms with Crippen molar-refractivity contribution in [2.24, 2.45) is 11.7 Å². The molecule has 0 saturated heterocycles. The molecule has 6 nitrogen and oxygen atoms in total. The van der Waals surface area contributed by atoms with Gasteiger partial charge < -0.3 is 10.6 Å². The fraction of sp³-hybridized carbons (Fsp3) is 0.682. The summed E-state index contributed by atoms with van der Waals surface area (Å²) in [5.74, 6) is 0.157. The van der Waals surface area contributed by atoms with Crippen LogP contribution in [0.15, 0.2) is 29.2 Å². The van der Waals surface area contributed by atoms with E-state index in [-0.39, 0.29) is 17.9 Å². The molecule has 0 heterocycles. The molecule has 0 aliphatic heterocycles. The number of nitrogens with zero attached hydrogens (tertiary/aromatic N) is 1. The number of rotatable bonds is 8. The summed E-state index contributed by atoms with van der Waals surface area (Å²) < 4.78 is 28.2. The molecule has 2 aliphatic carbocycles. The minimum Gasteiger partial charge on any atom is -0.341 e. The smallest absolute Gasteiger partial charge is 0.240 e. The Morgan fingerprint density at radius 3 is 2.28 bits per heavy atom. The first-order chi connectivity index (χ1) is 13.8. The molecule has 0 radical (unpaired) electrons. The highest BCUT2D eigenvalue weighted by Crippen LogP contribution is 2.30. The van der Waals surface area contributed by atoms with E-state index in [1.54, 1.807) is 12.1 Å².